The van der Waals surface area contributed by atoms with Crippen molar-refractivity contribution in [3.05, 3.63) is 83.6 Å². The Hall–Kier alpha value is -3.81. The maximum absolute atomic E-state index is 13.8. The lowest BCUT2D eigenvalue weighted by Gasteiger charge is -2.16. The highest BCUT2D eigenvalue weighted by molar-refractivity contribution is 5.86. The predicted molar refractivity (Wildman–Crippen MR) is 116 cm³/mol. The van der Waals surface area contributed by atoms with E-state index in [1.807, 2.05) is 49.4 Å². The minimum atomic E-state index is -4.68. The molecule has 0 fully saturated rings. The average molecular weight is 439 g/mol. The molecule has 0 aliphatic heterocycles. The molecule has 0 unspecified atom stereocenters. The highest BCUT2D eigenvalue weighted by Gasteiger charge is 2.36. The standard InChI is InChI=1S/C24H20F3N3O2/c1-15-8-10-17(11-9-15)28-23-29-19-13-21(32-14-16-6-4-3-5-7-16)20(31-2)12-18(19)22(30-23)24(25,26)27/h3-13H,14H2,1-2H3,(H,28,29,30). The van der Waals surface area contributed by atoms with Gasteiger partial charge in [-0.1, -0.05) is 48.0 Å². The molecule has 0 aliphatic rings. The van der Waals surface area contributed by atoms with Crippen molar-refractivity contribution < 1.29 is 22.6 Å². The van der Waals surface area contributed by atoms with Gasteiger partial charge in [-0.2, -0.15) is 13.2 Å². The normalized spacial score (nSPS) is 11.4. The number of benzene rings is 3. The summed E-state index contributed by atoms with van der Waals surface area (Å²) in [6, 6.07) is 19.3. The summed E-state index contributed by atoms with van der Waals surface area (Å²) < 4.78 is 52.5. The van der Waals surface area contributed by atoms with Crippen molar-refractivity contribution in [3.63, 3.8) is 0 Å². The molecule has 4 rings (SSSR count). The Balaban J connectivity index is 1.76. The number of hydrogen-bond acceptors (Lipinski definition) is 5. The van der Waals surface area contributed by atoms with Crippen LogP contribution in [0.1, 0.15) is 16.8 Å². The number of hydrogen-bond donors (Lipinski definition) is 1. The van der Waals surface area contributed by atoms with Gasteiger partial charge in [-0.25, -0.2) is 9.97 Å². The first-order valence-corrected chi connectivity index (χ1v) is 9.81. The Bertz CT molecular complexity index is 1230. The second-order valence-electron chi connectivity index (χ2n) is 7.18. The third-order valence-corrected chi connectivity index (χ3v) is 4.79. The molecule has 164 valence electrons. The van der Waals surface area contributed by atoms with Crippen LogP contribution < -0.4 is 14.8 Å². The molecule has 0 bridgehead atoms. The number of nitrogens with zero attached hydrogens (tertiary/aromatic N) is 2. The van der Waals surface area contributed by atoms with Crippen molar-refractivity contribution in [2.45, 2.75) is 19.7 Å². The van der Waals surface area contributed by atoms with Gasteiger partial charge < -0.3 is 14.8 Å². The molecule has 1 aromatic heterocycles. The topological polar surface area (TPSA) is 56.3 Å². The van der Waals surface area contributed by atoms with Crippen LogP contribution in [0.2, 0.25) is 0 Å². The molecule has 0 atom stereocenters. The Kier molecular flexibility index (Phi) is 5.85. The van der Waals surface area contributed by atoms with Crippen molar-refractivity contribution in [3.8, 4) is 11.5 Å². The fraction of sp³-hybridized carbons (Fsp3) is 0.167. The second-order valence-corrected chi connectivity index (χ2v) is 7.18. The van der Waals surface area contributed by atoms with Crippen molar-refractivity contribution in [2.75, 3.05) is 12.4 Å². The number of ether oxygens (including phenoxy) is 2. The van der Waals surface area contributed by atoms with Gasteiger partial charge in [0, 0.05) is 17.1 Å². The van der Waals surface area contributed by atoms with E-state index in [0.29, 0.717) is 5.69 Å². The third kappa shape index (κ3) is 4.74. The van der Waals surface area contributed by atoms with E-state index in [9.17, 15) is 13.2 Å². The summed E-state index contributed by atoms with van der Waals surface area (Å²) in [5.41, 5.74) is 1.56. The molecule has 0 amide bonds. The lowest BCUT2D eigenvalue weighted by atomic mass is 10.1. The van der Waals surface area contributed by atoms with Gasteiger partial charge in [-0.3, -0.25) is 0 Å². The smallest absolute Gasteiger partial charge is 0.434 e. The van der Waals surface area contributed by atoms with Crippen LogP contribution >= 0.6 is 0 Å². The lowest BCUT2D eigenvalue weighted by molar-refractivity contribution is -0.139. The number of nitrogens with one attached hydrogen (secondary N) is 1. The van der Waals surface area contributed by atoms with E-state index in [4.69, 9.17) is 9.47 Å². The van der Waals surface area contributed by atoms with Gasteiger partial charge >= 0.3 is 6.18 Å². The van der Waals surface area contributed by atoms with E-state index in [0.717, 1.165) is 11.1 Å². The first-order valence-electron chi connectivity index (χ1n) is 9.81. The van der Waals surface area contributed by atoms with Crippen molar-refractivity contribution in [2.24, 2.45) is 0 Å². The predicted octanol–water partition coefficient (Wildman–Crippen LogP) is 6.29. The quantitative estimate of drug-likeness (QED) is 0.383. The van der Waals surface area contributed by atoms with Gasteiger partial charge in [0.15, 0.2) is 17.2 Å². The van der Waals surface area contributed by atoms with Crippen LogP contribution in [0.3, 0.4) is 0 Å². The van der Waals surface area contributed by atoms with Gasteiger partial charge in [-0.05, 0) is 30.7 Å². The maximum atomic E-state index is 13.8. The van der Waals surface area contributed by atoms with Gasteiger partial charge in [-0.15, -0.1) is 0 Å². The van der Waals surface area contributed by atoms with Crippen molar-refractivity contribution in [1.82, 2.24) is 9.97 Å². The lowest BCUT2D eigenvalue weighted by Crippen LogP contribution is -2.12. The molecule has 3 aromatic carbocycles. The number of fused-ring (bicyclic) bond motifs is 1. The van der Waals surface area contributed by atoms with Gasteiger partial charge in [0.2, 0.25) is 5.95 Å². The largest absolute Gasteiger partial charge is 0.493 e. The first-order chi connectivity index (χ1) is 15.3. The highest BCUT2D eigenvalue weighted by Crippen LogP contribution is 2.39. The zero-order valence-corrected chi connectivity index (χ0v) is 17.4. The summed E-state index contributed by atoms with van der Waals surface area (Å²) >= 11 is 0. The number of rotatable bonds is 6. The van der Waals surface area contributed by atoms with E-state index in [2.05, 4.69) is 15.3 Å². The molecule has 4 aromatic rings. The Morgan fingerprint density at radius 1 is 0.906 bits per heavy atom. The molecule has 0 spiro atoms. The first kappa shape index (κ1) is 21.4. The molecule has 0 saturated heterocycles. The minimum absolute atomic E-state index is 0.0887. The van der Waals surface area contributed by atoms with E-state index in [-0.39, 0.29) is 35.0 Å². The molecule has 5 nitrogen and oxygen atoms in total. The molecule has 1 heterocycles. The summed E-state index contributed by atoms with van der Waals surface area (Å²) in [6.07, 6.45) is -4.68. The fourth-order valence-corrected chi connectivity index (χ4v) is 3.18. The molecule has 1 N–H and O–H groups in total. The van der Waals surface area contributed by atoms with Crippen molar-refractivity contribution in [1.29, 1.82) is 0 Å². The van der Waals surface area contributed by atoms with Crippen LogP contribution in [0.4, 0.5) is 24.8 Å². The average Bonchev–Trinajstić information content (AvgIpc) is 2.78. The number of alkyl halides is 3. The number of aromatic nitrogens is 2. The van der Waals surface area contributed by atoms with Crippen molar-refractivity contribution >= 4 is 22.5 Å². The van der Waals surface area contributed by atoms with Gasteiger partial charge in [0.25, 0.3) is 0 Å². The summed E-state index contributed by atoms with van der Waals surface area (Å²) in [7, 11) is 1.37. The van der Waals surface area contributed by atoms with E-state index in [1.165, 1.54) is 19.2 Å². The third-order valence-electron chi connectivity index (χ3n) is 4.79. The fourth-order valence-electron chi connectivity index (χ4n) is 3.18. The number of aryl methyl sites for hydroxylation is 1. The summed E-state index contributed by atoms with van der Waals surface area (Å²) in [5.74, 6) is 0.298. The molecule has 0 aliphatic carbocycles. The van der Waals surface area contributed by atoms with Crippen LogP contribution in [-0.2, 0) is 12.8 Å². The van der Waals surface area contributed by atoms with Crippen LogP contribution in [-0.4, -0.2) is 17.1 Å². The van der Waals surface area contributed by atoms with E-state index >= 15 is 0 Å². The van der Waals surface area contributed by atoms with Crippen LogP contribution in [0, 0.1) is 6.92 Å². The Morgan fingerprint density at radius 2 is 1.62 bits per heavy atom. The number of methoxy groups -OCH3 is 1. The number of halogens is 3. The van der Waals surface area contributed by atoms with Gasteiger partial charge in [0.05, 0.1) is 12.6 Å². The van der Waals surface area contributed by atoms with E-state index < -0.39 is 11.9 Å². The highest BCUT2D eigenvalue weighted by atomic mass is 19.4. The van der Waals surface area contributed by atoms with Gasteiger partial charge in [0.1, 0.15) is 6.61 Å². The van der Waals surface area contributed by atoms with E-state index in [1.54, 1.807) is 12.1 Å². The Labute approximate surface area is 182 Å². The molecule has 32 heavy (non-hydrogen) atoms. The monoisotopic (exact) mass is 439 g/mol. The summed E-state index contributed by atoms with van der Waals surface area (Å²) in [4.78, 5) is 8.05. The number of anilines is 2. The zero-order valence-electron chi connectivity index (χ0n) is 17.4. The maximum Gasteiger partial charge on any atom is 0.434 e. The Morgan fingerprint density at radius 3 is 2.28 bits per heavy atom. The minimum Gasteiger partial charge on any atom is -0.493 e. The summed E-state index contributed by atoms with van der Waals surface area (Å²) in [5, 5.41) is 2.68. The SMILES string of the molecule is COc1cc2c(C(F)(F)F)nc(Nc3ccc(C)cc3)nc2cc1OCc1ccccc1. The van der Waals surface area contributed by atoms with Crippen LogP contribution in [0.15, 0.2) is 66.7 Å². The summed E-state index contributed by atoms with van der Waals surface area (Å²) in [6.45, 7) is 2.15. The molecular weight excluding hydrogens is 419 g/mol. The van der Waals surface area contributed by atoms with Crippen LogP contribution in [0.25, 0.3) is 10.9 Å². The zero-order chi connectivity index (χ0) is 22.7. The molecule has 8 heteroatoms. The second kappa shape index (κ2) is 8.74. The molecular formula is C24H20F3N3O2. The molecule has 0 radical (unpaired) electrons. The molecule has 0 saturated carbocycles. The van der Waals surface area contributed by atoms with Crippen LogP contribution in [0.5, 0.6) is 11.5 Å².